The first-order valence-electron chi connectivity index (χ1n) is 7.48. The Kier molecular flexibility index (Phi) is 5.27. The summed E-state index contributed by atoms with van der Waals surface area (Å²) in [6.07, 6.45) is 3.10. The molecule has 0 unspecified atom stereocenters. The van der Waals surface area contributed by atoms with Crippen molar-refractivity contribution >= 4 is 35.1 Å². The first-order valence-corrected chi connectivity index (χ1v) is 8.24. The lowest BCUT2D eigenvalue weighted by atomic mass is 10.1. The fraction of sp³-hybridized carbons (Fsp3) is 0.0500. The molecule has 2 aromatic carbocycles. The zero-order valence-corrected chi connectivity index (χ0v) is 14.8. The first-order chi connectivity index (χ1) is 12.1. The van der Waals surface area contributed by atoms with Crippen molar-refractivity contribution in [3.63, 3.8) is 0 Å². The summed E-state index contributed by atoms with van der Waals surface area (Å²) in [7, 11) is 1.58. The van der Waals surface area contributed by atoms with Gasteiger partial charge in [0.25, 0.3) is 0 Å². The maximum Gasteiger partial charge on any atom is 0.185 e. The molecule has 0 aliphatic rings. The van der Waals surface area contributed by atoms with Crippen molar-refractivity contribution in [1.82, 2.24) is 0 Å². The molecule has 0 fully saturated rings. The highest BCUT2D eigenvalue weighted by molar-refractivity contribution is 6.42. The number of furan rings is 1. The number of carbonyl (C=O) groups is 1. The summed E-state index contributed by atoms with van der Waals surface area (Å²) in [6, 6.07) is 15.8. The Balaban J connectivity index is 1.74. The van der Waals surface area contributed by atoms with Gasteiger partial charge in [0.05, 0.1) is 17.2 Å². The summed E-state index contributed by atoms with van der Waals surface area (Å²) < 4.78 is 10.8. The number of hydrogen-bond donors (Lipinski definition) is 0. The minimum atomic E-state index is -0.116. The van der Waals surface area contributed by atoms with Gasteiger partial charge in [-0.1, -0.05) is 23.2 Å². The minimum Gasteiger partial charge on any atom is -0.497 e. The molecule has 0 aliphatic carbocycles. The lowest BCUT2D eigenvalue weighted by Gasteiger charge is -2.00. The number of halogens is 2. The van der Waals surface area contributed by atoms with Crippen molar-refractivity contribution in [2.45, 2.75) is 0 Å². The van der Waals surface area contributed by atoms with E-state index in [0.29, 0.717) is 32.9 Å². The molecule has 0 amide bonds. The molecule has 3 aromatic rings. The van der Waals surface area contributed by atoms with E-state index in [9.17, 15) is 4.79 Å². The number of allylic oxidation sites excluding steroid dienone is 1. The van der Waals surface area contributed by atoms with E-state index in [4.69, 9.17) is 32.4 Å². The molecule has 1 aromatic heterocycles. The van der Waals surface area contributed by atoms with Crippen LogP contribution in [0.15, 0.2) is 65.1 Å². The van der Waals surface area contributed by atoms with Gasteiger partial charge in [0.1, 0.15) is 17.3 Å². The van der Waals surface area contributed by atoms with Crippen LogP contribution >= 0.6 is 23.2 Å². The zero-order chi connectivity index (χ0) is 17.8. The van der Waals surface area contributed by atoms with Gasteiger partial charge in [0.15, 0.2) is 5.78 Å². The highest BCUT2D eigenvalue weighted by Gasteiger charge is 2.07. The van der Waals surface area contributed by atoms with Gasteiger partial charge in [-0.05, 0) is 66.7 Å². The summed E-state index contributed by atoms with van der Waals surface area (Å²) in [5, 5.41) is 0.949. The monoisotopic (exact) mass is 372 g/mol. The van der Waals surface area contributed by atoms with Gasteiger partial charge in [-0.25, -0.2) is 0 Å². The van der Waals surface area contributed by atoms with Crippen LogP contribution < -0.4 is 4.74 Å². The average Bonchev–Trinajstić information content (AvgIpc) is 3.11. The second-order valence-electron chi connectivity index (χ2n) is 5.26. The molecule has 0 atom stereocenters. The van der Waals surface area contributed by atoms with Crippen LogP contribution in [-0.2, 0) is 0 Å². The van der Waals surface area contributed by atoms with Gasteiger partial charge in [-0.15, -0.1) is 0 Å². The molecule has 5 heteroatoms. The standard InChI is InChI=1S/C20H14Cl2O3/c1-24-15-5-2-13(3-6-15)19(23)10-7-16-8-11-20(25-16)14-4-9-17(21)18(22)12-14/h2-12H,1H3/b10-7+. The van der Waals surface area contributed by atoms with Crippen LogP contribution in [0.2, 0.25) is 10.0 Å². The lowest BCUT2D eigenvalue weighted by Crippen LogP contribution is -1.93. The zero-order valence-electron chi connectivity index (χ0n) is 13.3. The van der Waals surface area contributed by atoms with Gasteiger partial charge >= 0.3 is 0 Å². The van der Waals surface area contributed by atoms with Crippen LogP contribution in [0.4, 0.5) is 0 Å². The van der Waals surface area contributed by atoms with E-state index < -0.39 is 0 Å². The summed E-state index contributed by atoms with van der Waals surface area (Å²) in [4.78, 5) is 12.2. The van der Waals surface area contributed by atoms with E-state index in [1.165, 1.54) is 6.08 Å². The van der Waals surface area contributed by atoms with Gasteiger partial charge in [-0.2, -0.15) is 0 Å². The Morgan fingerprint density at radius 3 is 2.44 bits per heavy atom. The number of carbonyl (C=O) groups excluding carboxylic acids is 1. The molecule has 0 aliphatic heterocycles. The fourth-order valence-corrected chi connectivity index (χ4v) is 2.55. The number of ether oxygens (including phenoxy) is 1. The number of ketones is 1. The van der Waals surface area contributed by atoms with Crippen LogP contribution in [0, 0.1) is 0 Å². The van der Waals surface area contributed by atoms with E-state index in [1.54, 1.807) is 55.7 Å². The van der Waals surface area contributed by atoms with Crippen LogP contribution in [0.1, 0.15) is 16.1 Å². The number of rotatable bonds is 5. The second kappa shape index (κ2) is 7.60. The fourth-order valence-electron chi connectivity index (χ4n) is 2.26. The second-order valence-corrected chi connectivity index (χ2v) is 6.07. The molecule has 0 bridgehead atoms. The predicted octanol–water partition coefficient (Wildman–Crippen LogP) is 6.16. The maximum atomic E-state index is 12.2. The van der Waals surface area contributed by atoms with Crippen molar-refractivity contribution in [3.8, 4) is 17.1 Å². The quantitative estimate of drug-likeness (QED) is 0.397. The number of benzene rings is 2. The van der Waals surface area contributed by atoms with Gasteiger partial charge in [-0.3, -0.25) is 4.79 Å². The third-order valence-corrected chi connectivity index (χ3v) is 4.34. The van der Waals surface area contributed by atoms with Crippen molar-refractivity contribution < 1.29 is 13.9 Å². The molecule has 3 nitrogen and oxygen atoms in total. The average molecular weight is 373 g/mol. The van der Waals surface area contributed by atoms with E-state index in [-0.39, 0.29) is 5.78 Å². The van der Waals surface area contributed by atoms with Crippen LogP contribution in [0.5, 0.6) is 5.75 Å². The molecular weight excluding hydrogens is 359 g/mol. The van der Waals surface area contributed by atoms with Gasteiger partial charge in [0, 0.05) is 11.1 Å². The normalized spacial score (nSPS) is 11.0. The molecule has 0 N–H and O–H groups in total. The molecule has 3 rings (SSSR count). The summed E-state index contributed by atoms with van der Waals surface area (Å²) >= 11 is 11.9. The largest absolute Gasteiger partial charge is 0.497 e. The highest BCUT2D eigenvalue weighted by Crippen LogP contribution is 2.29. The van der Waals surface area contributed by atoms with Crippen molar-refractivity contribution in [2.24, 2.45) is 0 Å². The molecule has 0 saturated carbocycles. The Morgan fingerprint density at radius 2 is 1.76 bits per heavy atom. The van der Waals surface area contributed by atoms with Crippen molar-refractivity contribution in [2.75, 3.05) is 7.11 Å². The molecular formula is C20H14Cl2O3. The Morgan fingerprint density at radius 1 is 1.00 bits per heavy atom. The van der Waals surface area contributed by atoms with Crippen LogP contribution in [0.25, 0.3) is 17.4 Å². The topological polar surface area (TPSA) is 39.4 Å². The first kappa shape index (κ1) is 17.3. The summed E-state index contributed by atoms with van der Waals surface area (Å²) in [6.45, 7) is 0. The number of methoxy groups -OCH3 is 1. The van der Waals surface area contributed by atoms with Crippen LogP contribution in [-0.4, -0.2) is 12.9 Å². The van der Waals surface area contributed by atoms with E-state index in [2.05, 4.69) is 0 Å². The third-order valence-electron chi connectivity index (χ3n) is 3.60. The Bertz CT molecular complexity index is 924. The van der Waals surface area contributed by atoms with Gasteiger partial charge in [0.2, 0.25) is 0 Å². The third kappa shape index (κ3) is 4.13. The SMILES string of the molecule is COc1ccc(C(=O)/C=C/c2ccc(-c3ccc(Cl)c(Cl)c3)o2)cc1. The maximum absolute atomic E-state index is 12.2. The Hall–Kier alpha value is -2.49. The summed E-state index contributed by atoms with van der Waals surface area (Å²) in [5.74, 6) is 1.81. The molecule has 1 heterocycles. The molecule has 126 valence electrons. The molecule has 0 saturated heterocycles. The summed E-state index contributed by atoms with van der Waals surface area (Å²) in [5.41, 5.74) is 1.39. The lowest BCUT2D eigenvalue weighted by molar-refractivity contribution is 0.104. The molecule has 0 spiro atoms. The smallest absolute Gasteiger partial charge is 0.185 e. The van der Waals surface area contributed by atoms with Gasteiger partial charge < -0.3 is 9.15 Å². The van der Waals surface area contributed by atoms with Crippen molar-refractivity contribution in [3.05, 3.63) is 82.0 Å². The predicted molar refractivity (Wildman–Crippen MR) is 101 cm³/mol. The van der Waals surface area contributed by atoms with E-state index in [0.717, 1.165) is 5.56 Å². The molecule has 0 radical (unpaired) electrons. The van der Waals surface area contributed by atoms with Crippen molar-refractivity contribution in [1.29, 1.82) is 0 Å². The molecule has 25 heavy (non-hydrogen) atoms. The highest BCUT2D eigenvalue weighted by atomic mass is 35.5. The number of hydrogen-bond acceptors (Lipinski definition) is 3. The Labute approximate surface area is 155 Å². The van der Waals surface area contributed by atoms with E-state index in [1.807, 2.05) is 12.1 Å². The minimum absolute atomic E-state index is 0.116. The van der Waals surface area contributed by atoms with E-state index >= 15 is 0 Å². The van der Waals surface area contributed by atoms with Crippen LogP contribution in [0.3, 0.4) is 0 Å².